The van der Waals surface area contributed by atoms with Gasteiger partial charge in [-0.3, -0.25) is 19.7 Å². The maximum absolute atomic E-state index is 13.4. The number of ether oxygens (including phenoxy) is 2. The number of rotatable bonds is 7. The number of esters is 1. The molecule has 4 rings (SSSR count). The van der Waals surface area contributed by atoms with Crippen molar-refractivity contribution < 1.29 is 32.6 Å². The summed E-state index contributed by atoms with van der Waals surface area (Å²) in [5.41, 5.74) is 1.28. The minimum Gasteiger partial charge on any atom is -0.482 e. The number of carbonyl (C=O) groups excluding carboxylic acids is 3. The fourth-order valence-electron chi connectivity index (χ4n) is 3.24. The van der Waals surface area contributed by atoms with E-state index < -0.39 is 29.6 Å². The van der Waals surface area contributed by atoms with Crippen molar-refractivity contribution in [2.45, 2.75) is 19.4 Å². The van der Waals surface area contributed by atoms with Crippen LogP contribution in [0.5, 0.6) is 5.75 Å². The molecular formula is C23H19F2N3O5S. The lowest BCUT2D eigenvalue weighted by atomic mass is 10.2. The lowest BCUT2D eigenvalue weighted by molar-refractivity contribution is -0.153. The highest BCUT2D eigenvalue weighted by atomic mass is 32.1. The number of thiazole rings is 1. The molecule has 2 amide bonds. The van der Waals surface area contributed by atoms with E-state index in [1.165, 1.54) is 17.9 Å². The molecule has 2 heterocycles. The Bertz CT molecular complexity index is 1250. The normalized spacial score (nSPS) is 13.6. The van der Waals surface area contributed by atoms with Crippen molar-refractivity contribution in [3.05, 3.63) is 59.5 Å². The van der Waals surface area contributed by atoms with Crippen molar-refractivity contribution in [2.75, 3.05) is 23.4 Å². The molecule has 1 aliphatic heterocycles. The van der Waals surface area contributed by atoms with Crippen molar-refractivity contribution in [3.8, 4) is 17.0 Å². The van der Waals surface area contributed by atoms with Crippen LogP contribution in [0.4, 0.5) is 19.6 Å². The summed E-state index contributed by atoms with van der Waals surface area (Å²) < 4.78 is 37.1. The van der Waals surface area contributed by atoms with Crippen LogP contribution in [0.2, 0.25) is 0 Å². The van der Waals surface area contributed by atoms with Gasteiger partial charge in [0.15, 0.2) is 29.5 Å². The fourth-order valence-corrected chi connectivity index (χ4v) is 3.96. The van der Waals surface area contributed by atoms with Gasteiger partial charge in [0.1, 0.15) is 5.75 Å². The SMILES string of the molecule is CC(OC(=O)CCN1C(=O)COc2ccccc21)C(=O)Nc1nc(-c2ccc(F)c(F)c2)cs1. The average Bonchev–Trinajstić information content (AvgIpc) is 3.28. The minimum atomic E-state index is -1.12. The Kier molecular flexibility index (Phi) is 6.82. The Morgan fingerprint density at radius 2 is 2.03 bits per heavy atom. The van der Waals surface area contributed by atoms with Crippen molar-refractivity contribution >= 4 is 39.9 Å². The van der Waals surface area contributed by atoms with Gasteiger partial charge in [0.2, 0.25) is 0 Å². The number of halogens is 2. The zero-order valence-electron chi connectivity index (χ0n) is 17.9. The number of amides is 2. The molecule has 1 unspecified atom stereocenters. The standard InChI is InChI=1S/C23H19F2N3O5S/c1-13(22(31)27-23-26-17(12-34-23)14-6-7-15(24)16(25)10-14)33-21(30)8-9-28-18-4-2-3-5-19(18)32-11-20(28)29/h2-7,10,12-13H,8-9,11H2,1H3,(H,26,27,31). The molecule has 0 aliphatic carbocycles. The van der Waals surface area contributed by atoms with Gasteiger partial charge in [-0.05, 0) is 37.3 Å². The first-order valence-electron chi connectivity index (χ1n) is 10.3. The van der Waals surface area contributed by atoms with Crippen LogP contribution in [0.15, 0.2) is 47.8 Å². The molecule has 0 fully saturated rings. The summed E-state index contributed by atoms with van der Waals surface area (Å²) in [6.45, 7) is 1.37. The predicted molar refractivity (Wildman–Crippen MR) is 121 cm³/mol. The molecule has 8 nitrogen and oxygen atoms in total. The number of para-hydroxylation sites is 2. The Labute approximate surface area is 197 Å². The lowest BCUT2D eigenvalue weighted by Gasteiger charge is -2.29. The highest BCUT2D eigenvalue weighted by molar-refractivity contribution is 7.14. The molecule has 1 aromatic heterocycles. The second kappa shape index (κ2) is 9.96. The molecule has 0 radical (unpaired) electrons. The molecule has 176 valence electrons. The van der Waals surface area contributed by atoms with Crippen LogP contribution in [0.1, 0.15) is 13.3 Å². The number of aromatic nitrogens is 1. The zero-order chi connectivity index (χ0) is 24.2. The van der Waals surface area contributed by atoms with E-state index >= 15 is 0 Å². The van der Waals surface area contributed by atoms with Gasteiger partial charge in [0.05, 0.1) is 17.8 Å². The van der Waals surface area contributed by atoms with Crippen molar-refractivity contribution in [1.29, 1.82) is 0 Å². The molecule has 3 aromatic rings. The molecule has 34 heavy (non-hydrogen) atoms. The van der Waals surface area contributed by atoms with Crippen molar-refractivity contribution in [2.24, 2.45) is 0 Å². The van der Waals surface area contributed by atoms with E-state index in [1.807, 2.05) is 0 Å². The van der Waals surface area contributed by atoms with Gasteiger partial charge < -0.3 is 14.4 Å². The molecule has 1 N–H and O–H groups in total. The zero-order valence-corrected chi connectivity index (χ0v) is 18.7. The third-order valence-corrected chi connectivity index (χ3v) is 5.73. The summed E-state index contributed by atoms with van der Waals surface area (Å²) in [6.07, 6.45) is -1.23. The van der Waals surface area contributed by atoms with Crippen molar-refractivity contribution in [1.82, 2.24) is 4.98 Å². The van der Waals surface area contributed by atoms with Gasteiger partial charge in [-0.15, -0.1) is 11.3 Å². The topological polar surface area (TPSA) is 97.8 Å². The smallest absolute Gasteiger partial charge is 0.308 e. The number of fused-ring (bicyclic) bond motifs is 1. The van der Waals surface area contributed by atoms with E-state index in [4.69, 9.17) is 9.47 Å². The van der Waals surface area contributed by atoms with Crippen LogP contribution < -0.4 is 15.0 Å². The highest BCUT2D eigenvalue weighted by Crippen LogP contribution is 2.31. The van der Waals surface area contributed by atoms with Gasteiger partial charge in [0.25, 0.3) is 11.8 Å². The first kappa shape index (κ1) is 23.3. The van der Waals surface area contributed by atoms with Gasteiger partial charge in [0, 0.05) is 17.5 Å². The molecule has 0 spiro atoms. The molecule has 1 aliphatic rings. The number of nitrogens with zero attached hydrogens (tertiary/aromatic N) is 2. The van der Waals surface area contributed by atoms with Crippen LogP contribution in [0.3, 0.4) is 0 Å². The second-order valence-corrected chi connectivity index (χ2v) is 8.20. The van der Waals surface area contributed by atoms with Crippen LogP contribution in [0, 0.1) is 11.6 Å². The van der Waals surface area contributed by atoms with Crippen LogP contribution in [0.25, 0.3) is 11.3 Å². The predicted octanol–water partition coefficient (Wildman–Crippen LogP) is 3.77. The number of carbonyl (C=O) groups is 3. The lowest BCUT2D eigenvalue weighted by Crippen LogP contribution is -2.40. The Hall–Kier alpha value is -3.86. The first-order chi connectivity index (χ1) is 16.3. The highest BCUT2D eigenvalue weighted by Gasteiger charge is 2.26. The Morgan fingerprint density at radius 1 is 1.24 bits per heavy atom. The molecular weight excluding hydrogens is 468 g/mol. The van der Waals surface area contributed by atoms with E-state index in [9.17, 15) is 23.2 Å². The van der Waals surface area contributed by atoms with Gasteiger partial charge in [-0.2, -0.15) is 0 Å². The number of hydrogen-bond donors (Lipinski definition) is 1. The number of nitrogens with one attached hydrogen (secondary N) is 1. The summed E-state index contributed by atoms with van der Waals surface area (Å²) in [6, 6.07) is 10.4. The summed E-state index contributed by atoms with van der Waals surface area (Å²) in [4.78, 5) is 42.5. The second-order valence-electron chi connectivity index (χ2n) is 7.34. The first-order valence-corrected chi connectivity index (χ1v) is 11.1. The average molecular weight is 487 g/mol. The van der Waals surface area contributed by atoms with Crippen LogP contribution in [-0.4, -0.2) is 42.0 Å². The summed E-state index contributed by atoms with van der Waals surface area (Å²) in [7, 11) is 0. The van der Waals surface area contributed by atoms with Gasteiger partial charge in [-0.1, -0.05) is 12.1 Å². The maximum Gasteiger partial charge on any atom is 0.308 e. The number of anilines is 2. The molecule has 2 aromatic carbocycles. The van der Waals surface area contributed by atoms with Gasteiger partial charge in [-0.25, -0.2) is 13.8 Å². The molecule has 0 saturated heterocycles. The fraction of sp³-hybridized carbons (Fsp3) is 0.217. The van der Waals surface area contributed by atoms with E-state index in [-0.39, 0.29) is 30.6 Å². The summed E-state index contributed by atoms with van der Waals surface area (Å²) in [5.74, 6) is -2.95. The third kappa shape index (κ3) is 5.20. The van der Waals surface area contributed by atoms with Crippen molar-refractivity contribution in [3.63, 3.8) is 0 Å². The van der Waals surface area contributed by atoms with E-state index in [1.54, 1.807) is 29.6 Å². The van der Waals surface area contributed by atoms with Crippen LogP contribution in [-0.2, 0) is 19.1 Å². The minimum absolute atomic E-state index is 0.0798. The number of benzene rings is 2. The van der Waals surface area contributed by atoms with E-state index in [0.29, 0.717) is 22.7 Å². The molecule has 0 bridgehead atoms. The van der Waals surface area contributed by atoms with Crippen LogP contribution >= 0.6 is 11.3 Å². The summed E-state index contributed by atoms with van der Waals surface area (Å²) in [5, 5.41) is 4.32. The number of hydrogen-bond acceptors (Lipinski definition) is 7. The molecule has 11 heteroatoms. The quantitative estimate of drug-likeness (QED) is 0.510. The largest absolute Gasteiger partial charge is 0.482 e. The Balaban J connectivity index is 1.30. The van der Waals surface area contributed by atoms with E-state index in [2.05, 4.69) is 10.3 Å². The maximum atomic E-state index is 13.4. The Morgan fingerprint density at radius 3 is 2.82 bits per heavy atom. The molecule has 1 atom stereocenters. The van der Waals surface area contributed by atoms with E-state index in [0.717, 1.165) is 23.5 Å². The monoisotopic (exact) mass is 487 g/mol. The molecule has 0 saturated carbocycles. The summed E-state index contributed by atoms with van der Waals surface area (Å²) >= 11 is 1.09. The van der Waals surface area contributed by atoms with Gasteiger partial charge >= 0.3 is 5.97 Å². The third-order valence-electron chi connectivity index (χ3n) is 4.97.